The van der Waals surface area contributed by atoms with Crippen LogP contribution in [-0.4, -0.2) is 40.3 Å². The number of amides is 2. The quantitative estimate of drug-likeness (QED) is 0.911. The summed E-state index contributed by atoms with van der Waals surface area (Å²) < 4.78 is 5.48. The van der Waals surface area contributed by atoms with E-state index in [-0.39, 0.29) is 24.7 Å². The summed E-state index contributed by atoms with van der Waals surface area (Å²) >= 11 is 5.88. The van der Waals surface area contributed by atoms with Gasteiger partial charge in [0.15, 0.2) is 0 Å². The van der Waals surface area contributed by atoms with Crippen molar-refractivity contribution in [1.29, 1.82) is 0 Å². The van der Waals surface area contributed by atoms with E-state index in [1.807, 2.05) is 26.0 Å². The molecule has 0 spiro atoms. The average Bonchev–Trinajstić information content (AvgIpc) is 2.94. The van der Waals surface area contributed by atoms with Gasteiger partial charge in [-0.3, -0.25) is 9.59 Å². The Balaban J connectivity index is 1.73. The highest BCUT2D eigenvalue weighted by Gasteiger charge is 2.35. The van der Waals surface area contributed by atoms with Crippen LogP contribution in [0.15, 0.2) is 34.9 Å². The predicted molar refractivity (Wildman–Crippen MR) is 94.1 cm³/mol. The van der Waals surface area contributed by atoms with Crippen molar-refractivity contribution in [3.63, 3.8) is 0 Å². The molecular formula is C18H20ClN3O3. The molecule has 0 aliphatic carbocycles. The lowest BCUT2D eigenvalue weighted by Crippen LogP contribution is -2.49. The molecule has 1 N–H and O–H groups in total. The standard InChI is InChI=1S/C18H20ClN3O3/c1-18(2)10-15(23)20-7-8-22(18)16(24)9-14-11-25-17(21-14)12-3-5-13(19)6-4-12/h3-6,11H,7-10H2,1-2H3,(H,20,23). The smallest absolute Gasteiger partial charge is 0.229 e. The van der Waals surface area contributed by atoms with E-state index >= 15 is 0 Å². The largest absolute Gasteiger partial charge is 0.444 e. The number of halogens is 1. The highest BCUT2D eigenvalue weighted by atomic mass is 35.5. The van der Waals surface area contributed by atoms with Crippen molar-refractivity contribution in [2.45, 2.75) is 32.2 Å². The number of oxazole rings is 1. The molecule has 0 bridgehead atoms. The topological polar surface area (TPSA) is 75.4 Å². The summed E-state index contributed by atoms with van der Waals surface area (Å²) in [5.41, 5.74) is 0.836. The second kappa shape index (κ2) is 6.88. The Morgan fingerprint density at radius 2 is 2.08 bits per heavy atom. The van der Waals surface area contributed by atoms with Crippen LogP contribution in [0.25, 0.3) is 11.5 Å². The van der Waals surface area contributed by atoms with Gasteiger partial charge >= 0.3 is 0 Å². The van der Waals surface area contributed by atoms with Crippen molar-refractivity contribution in [2.75, 3.05) is 13.1 Å². The minimum atomic E-state index is -0.527. The van der Waals surface area contributed by atoms with Gasteiger partial charge in [-0.1, -0.05) is 11.6 Å². The first-order chi connectivity index (χ1) is 11.8. The third kappa shape index (κ3) is 4.02. The van der Waals surface area contributed by atoms with Crippen molar-refractivity contribution < 1.29 is 14.0 Å². The van der Waals surface area contributed by atoms with Crippen molar-refractivity contribution in [3.8, 4) is 11.5 Å². The molecule has 2 aromatic rings. The highest BCUT2D eigenvalue weighted by molar-refractivity contribution is 6.30. The van der Waals surface area contributed by atoms with Gasteiger partial charge in [-0.25, -0.2) is 4.98 Å². The molecule has 1 aliphatic heterocycles. The zero-order valence-corrected chi connectivity index (χ0v) is 15.0. The third-order valence-electron chi connectivity index (χ3n) is 4.26. The molecule has 3 rings (SSSR count). The Hall–Kier alpha value is -2.34. The SMILES string of the molecule is CC1(C)CC(=O)NCCN1C(=O)Cc1coc(-c2ccc(Cl)cc2)n1. The Bertz CT molecular complexity index is 783. The van der Waals surface area contributed by atoms with E-state index in [2.05, 4.69) is 10.3 Å². The van der Waals surface area contributed by atoms with Gasteiger partial charge < -0.3 is 14.6 Å². The molecule has 0 radical (unpaired) electrons. The summed E-state index contributed by atoms with van der Waals surface area (Å²) in [5, 5.41) is 3.44. The number of rotatable bonds is 3. The van der Waals surface area contributed by atoms with Crippen LogP contribution >= 0.6 is 11.6 Å². The molecule has 1 aliphatic rings. The molecule has 25 heavy (non-hydrogen) atoms. The van der Waals surface area contributed by atoms with Crippen LogP contribution in [0.1, 0.15) is 26.0 Å². The van der Waals surface area contributed by atoms with Crippen molar-refractivity contribution in [3.05, 3.63) is 41.2 Å². The van der Waals surface area contributed by atoms with Gasteiger partial charge in [0.05, 0.1) is 12.1 Å². The Morgan fingerprint density at radius 1 is 1.36 bits per heavy atom. The lowest BCUT2D eigenvalue weighted by molar-refractivity contribution is -0.136. The van der Waals surface area contributed by atoms with E-state index in [9.17, 15) is 9.59 Å². The average molecular weight is 362 g/mol. The molecule has 1 aromatic heterocycles. The van der Waals surface area contributed by atoms with Crippen LogP contribution in [0.4, 0.5) is 0 Å². The number of nitrogens with one attached hydrogen (secondary N) is 1. The van der Waals surface area contributed by atoms with Gasteiger partial charge in [-0.2, -0.15) is 0 Å². The van der Waals surface area contributed by atoms with E-state index in [0.717, 1.165) is 5.56 Å². The third-order valence-corrected chi connectivity index (χ3v) is 4.51. The first-order valence-electron chi connectivity index (χ1n) is 8.13. The van der Waals surface area contributed by atoms with Gasteiger partial charge in [0, 0.05) is 35.6 Å². The van der Waals surface area contributed by atoms with Gasteiger partial charge in [-0.15, -0.1) is 0 Å². The van der Waals surface area contributed by atoms with Crippen molar-refractivity contribution in [1.82, 2.24) is 15.2 Å². The monoisotopic (exact) mass is 361 g/mol. The van der Waals surface area contributed by atoms with Crippen LogP contribution in [0.3, 0.4) is 0 Å². The van der Waals surface area contributed by atoms with Gasteiger partial charge in [0.2, 0.25) is 17.7 Å². The minimum Gasteiger partial charge on any atom is -0.444 e. The summed E-state index contributed by atoms with van der Waals surface area (Å²) in [4.78, 5) is 30.6. The Labute approximate surface area is 151 Å². The van der Waals surface area contributed by atoms with Crippen LogP contribution in [-0.2, 0) is 16.0 Å². The van der Waals surface area contributed by atoms with Crippen molar-refractivity contribution in [2.24, 2.45) is 0 Å². The number of nitrogens with zero attached hydrogens (tertiary/aromatic N) is 2. The molecule has 7 heteroatoms. The number of carbonyl (C=O) groups excluding carboxylic acids is 2. The summed E-state index contributed by atoms with van der Waals surface area (Å²) in [7, 11) is 0. The number of hydrogen-bond donors (Lipinski definition) is 1. The number of benzene rings is 1. The summed E-state index contributed by atoms with van der Waals surface area (Å²) in [6, 6.07) is 7.15. The van der Waals surface area contributed by atoms with Crippen LogP contribution < -0.4 is 5.32 Å². The number of aromatic nitrogens is 1. The number of hydrogen-bond acceptors (Lipinski definition) is 4. The summed E-state index contributed by atoms with van der Waals surface area (Å²) in [5.74, 6) is 0.343. The van der Waals surface area contributed by atoms with Crippen LogP contribution in [0.2, 0.25) is 5.02 Å². The first-order valence-corrected chi connectivity index (χ1v) is 8.50. The molecule has 0 unspecified atom stereocenters. The molecule has 1 saturated heterocycles. The lowest BCUT2D eigenvalue weighted by atomic mass is 9.97. The maximum absolute atomic E-state index is 12.7. The zero-order valence-electron chi connectivity index (χ0n) is 14.2. The maximum atomic E-state index is 12.7. The van der Waals surface area contributed by atoms with Gasteiger partial charge in [0.1, 0.15) is 6.26 Å². The van der Waals surface area contributed by atoms with E-state index in [4.69, 9.17) is 16.0 Å². The molecule has 132 valence electrons. The number of carbonyl (C=O) groups is 2. The molecule has 0 atom stereocenters. The van der Waals surface area contributed by atoms with Crippen LogP contribution in [0, 0.1) is 0 Å². The predicted octanol–water partition coefficient (Wildman–Crippen LogP) is 2.66. The van der Waals surface area contributed by atoms with E-state index in [0.29, 0.717) is 29.7 Å². The maximum Gasteiger partial charge on any atom is 0.229 e. The highest BCUT2D eigenvalue weighted by Crippen LogP contribution is 2.24. The van der Waals surface area contributed by atoms with E-state index in [1.54, 1.807) is 17.0 Å². The molecule has 1 aromatic carbocycles. The fourth-order valence-electron chi connectivity index (χ4n) is 2.99. The normalized spacial score (nSPS) is 17.1. The molecule has 1 fully saturated rings. The molecule has 2 amide bonds. The lowest BCUT2D eigenvalue weighted by Gasteiger charge is -2.36. The fraction of sp³-hybridized carbons (Fsp3) is 0.389. The van der Waals surface area contributed by atoms with Crippen molar-refractivity contribution >= 4 is 23.4 Å². The summed E-state index contributed by atoms with van der Waals surface area (Å²) in [6.07, 6.45) is 1.92. The van der Waals surface area contributed by atoms with Gasteiger partial charge in [0.25, 0.3) is 0 Å². The summed E-state index contributed by atoms with van der Waals surface area (Å²) in [6.45, 7) is 4.75. The minimum absolute atomic E-state index is 0.0354. The molecule has 0 saturated carbocycles. The second-order valence-corrected chi connectivity index (χ2v) is 7.15. The molecule has 6 nitrogen and oxygen atoms in total. The van der Waals surface area contributed by atoms with Gasteiger partial charge in [-0.05, 0) is 38.1 Å². The van der Waals surface area contributed by atoms with E-state index < -0.39 is 5.54 Å². The second-order valence-electron chi connectivity index (χ2n) is 6.71. The zero-order chi connectivity index (χ0) is 18.0. The van der Waals surface area contributed by atoms with E-state index in [1.165, 1.54) is 6.26 Å². The Kier molecular flexibility index (Phi) is 4.81. The Morgan fingerprint density at radius 3 is 2.80 bits per heavy atom. The molecular weight excluding hydrogens is 342 g/mol. The van der Waals surface area contributed by atoms with Crippen LogP contribution in [0.5, 0.6) is 0 Å². The fourth-order valence-corrected chi connectivity index (χ4v) is 3.11. The molecule has 2 heterocycles. The first kappa shape index (κ1) is 17.5.